The third kappa shape index (κ3) is 4.51. The Morgan fingerprint density at radius 3 is 2.27 bits per heavy atom. The molecule has 1 aromatic carbocycles. The molecule has 0 heterocycles. The van der Waals surface area contributed by atoms with Crippen LogP contribution in [0.4, 0.5) is 0 Å². The van der Waals surface area contributed by atoms with Crippen molar-refractivity contribution in [3.8, 4) is 0 Å². The van der Waals surface area contributed by atoms with E-state index in [4.69, 9.17) is 0 Å². The predicted molar refractivity (Wildman–Crippen MR) is 68.2 cm³/mol. The van der Waals surface area contributed by atoms with Gasteiger partial charge >= 0.3 is 0 Å². The van der Waals surface area contributed by atoms with E-state index in [9.17, 15) is 0 Å². The zero-order valence-corrected chi connectivity index (χ0v) is 10.4. The first-order valence-corrected chi connectivity index (χ1v) is 6.31. The van der Waals surface area contributed by atoms with Gasteiger partial charge in [-0.15, -0.1) is 0 Å². The van der Waals surface area contributed by atoms with Gasteiger partial charge in [0.1, 0.15) is 0 Å². The molecule has 15 heavy (non-hydrogen) atoms. The highest BCUT2D eigenvalue weighted by Crippen LogP contribution is 2.18. The van der Waals surface area contributed by atoms with Crippen LogP contribution in [-0.4, -0.2) is 0 Å². The molecular weight excluding hydrogens is 180 g/mol. The van der Waals surface area contributed by atoms with Crippen molar-refractivity contribution in [1.29, 1.82) is 0 Å². The summed E-state index contributed by atoms with van der Waals surface area (Å²) >= 11 is 0. The quantitative estimate of drug-likeness (QED) is 0.627. The van der Waals surface area contributed by atoms with Gasteiger partial charge in [0.15, 0.2) is 0 Å². The Bertz CT molecular complexity index is 258. The van der Waals surface area contributed by atoms with Crippen molar-refractivity contribution in [3.63, 3.8) is 0 Å². The molecule has 0 amide bonds. The fourth-order valence-corrected chi connectivity index (χ4v) is 2.00. The van der Waals surface area contributed by atoms with Crippen molar-refractivity contribution in [2.24, 2.45) is 5.92 Å². The summed E-state index contributed by atoms with van der Waals surface area (Å²) < 4.78 is 0. The molecule has 0 N–H and O–H groups in total. The van der Waals surface area contributed by atoms with Crippen molar-refractivity contribution in [2.75, 3.05) is 0 Å². The van der Waals surface area contributed by atoms with Gasteiger partial charge in [-0.2, -0.15) is 0 Å². The SMILES string of the molecule is CCCCC(CC)Cc1ccc(C)cc1. The number of rotatable bonds is 6. The average Bonchev–Trinajstić information content (AvgIpc) is 2.27. The van der Waals surface area contributed by atoms with E-state index in [1.165, 1.54) is 43.2 Å². The van der Waals surface area contributed by atoms with Gasteiger partial charge in [-0.05, 0) is 24.8 Å². The molecular formula is C15H24. The third-order valence-electron chi connectivity index (χ3n) is 3.19. The Morgan fingerprint density at radius 1 is 1.07 bits per heavy atom. The van der Waals surface area contributed by atoms with Gasteiger partial charge in [-0.3, -0.25) is 0 Å². The first-order chi connectivity index (χ1) is 7.26. The van der Waals surface area contributed by atoms with E-state index < -0.39 is 0 Å². The van der Waals surface area contributed by atoms with E-state index in [1.54, 1.807) is 0 Å². The molecule has 84 valence electrons. The van der Waals surface area contributed by atoms with Gasteiger partial charge in [0.05, 0.1) is 0 Å². The van der Waals surface area contributed by atoms with Crippen molar-refractivity contribution < 1.29 is 0 Å². The minimum absolute atomic E-state index is 0.882. The maximum Gasteiger partial charge on any atom is -0.0250 e. The average molecular weight is 204 g/mol. The standard InChI is InChI=1S/C15H24/c1-4-6-7-14(5-2)12-15-10-8-13(3)9-11-15/h8-11,14H,4-7,12H2,1-3H3. The van der Waals surface area contributed by atoms with Gasteiger partial charge in [0, 0.05) is 0 Å². The molecule has 0 radical (unpaired) electrons. The van der Waals surface area contributed by atoms with Crippen LogP contribution in [-0.2, 0) is 6.42 Å². The highest BCUT2D eigenvalue weighted by Gasteiger charge is 2.06. The molecule has 1 aromatic rings. The molecule has 0 aromatic heterocycles. The van der Waals surface area contributed by atoms with Crippen LogP contribution in [0, 0.1) is 12.8 Å². The number of benzene rings is 1. The number of aryl methyl sites for hydroxylation is 1. The summed E-state index contributed by atoms with van der Waals surface area (Å²) in [6.45, 7) is 6.74. The second-order valence-corrected chi connectivity index (χ2v) is 4.61. The highest BCUT2D eigenvalue weighted by molar-refractivity contribution is 5.21. The van der Waals surface area contributed by atoms with Crippen molar-refractivity contribution in [2.45, 2.75) is 52.9 Å². The van der Waals surface area contributed by atoms with Crippen molar-refractivity contribution >= 4 is 0 Å². The molecule has 1 unspecified atom stereocenters. The molecule has 0 saturated heterocycles. The minimum Gasteiger partial charge on any atom is -0.0654 e. The predicted octanol–water partition coefficient (Wildman–Crippen LogP) is 4.75. The van der Waals surface area contributed by atoms with Crippen LogP contribution in [0.15, 0.2) is 24.3 Å². The lowest BCUT2D eigenvalue weighted by atomic mass is 9.92. The highest BCUT2D eigenvalue weighted by atomic mass is 14.1. The Balaban J connectivity index is 2.47. The van der Waals surface area contributed by atoms with E-state index in [0.717, 1.165) is 5.92 Å². The fourth-order valence-electron chi connectivity index (χ4n) is 2.00. The summed E-state index contributed by atoms with van der Waals surface area (Å²) in [5.41, 5.74) is 2.86. The maximum absolute atomic E-state index is 2.31. The van der Waals surface area contributed by atoms with Gasteiger partial charge in [-0.1, -0.05) is 69.4 Å². The number of unbranched alkanes of at least 4 members (excludes halogenated alkanes) is 1. The zero-order valence-electron chi connectivity index (χ0n) is 10.4. The van der Waals surface area contributed by atoms with E-state index in [1.807, 2.05) is 0 Å². The second-order valence-electron chi connectivity index (χ2n) is 4.61. The van der Waals surface area contributed by atoms with Gasteiger partial charge < -0.3 is 0 Å². The van der Waals surface area contributed by atoms with Crippen LogP contribution < -0.4 is 0 Å². The molecule has 0 heteroatoms. The Kier molecular flexibility index (Phi) is 5.45. The van der Waals surface area contributed by atoms with E-state index in [2.05, 4.69) is 45.0 Å². The molecule has 1 rings (SSSR count). The maximum atomic E-state index is 2.31. The minimum atomic E-state index is 0.882. The van der Waals surface area contributed by atoms with Gasteiger partial charge in [0.25, 0.3) is 0 Å². The van der Waals surface area contributed by atoms with Crippen LogP contribution in [0.1, 0.15) is 50.7 Å². The van der Waals surface area contributed by atoms with Gasteiger partial charge in [-0.25, -0.2) is 0 Å². The summed E-state index contributed by atoms with van der Waals surface area (Å²) in [7, 11) is 0. The van der Waals surface area contributed by atoms with Crippen LogP contribution in [0.25, 0.3) is 0 Å². The van der Waals surface area contributed by atoms with Gasteiger partial charge in [0.2, 0.25) is 0 Å². The Hall–Kier alpha value is -0.780. The fraction of sp³-hybridized carbons (Fsp3) is 0.600. The topological polar surface area (TPSA) is 0 Å². The monoisotopic (exact) mass is 204 g/mol. The van der Waals surface area contributed by atoms with Crippen LogP contribution in [0.3, 0.4) is 0 Å². The first-order valence-electron chi connectivity index (χ1n) is 6.31. The second kappa shape index (κ2) is 6.66. The summed E-state index contributed by atoms with van der Waals surface area (Å²) in [4.78, 5) is 0. The number of hydrogen-bond acceptors (Lipinski definition) is 0. The Labute approximate surface area is 94.7 Å². The summed E-state index contributed by atoms with van der Waals surface area (Å²) in [6.07, 6.45) is 6.67. The van der Waals surface area contributed by atoms with E-state index in [-0.39, 0.29) is 0 Å². The lowest BCUT2D eigenvalue weighted by molar-refractivity contribution is 0.449. The smallest absolute Gasteiger partial charge is 0.0250 e. The molecule has 0 aliphatic rings. The summed E-state index contributed by atoms with van der Waals surface area (Å²) in [6, 6.07) is 9.01. The van der Waals surface area contributed by atoms with Crippen molar-refractivity contribution in [1.82, 2.24) is 0 Å². The largest absolute Gasteiger partial charge is 0.0654 e. The molecule has 1 atom stereocenters. The normalized spacial score (nSPS) is 12.7. The zero-order chi connectivity index (χ0) is 11.1. The van der Waals surface area contributed by atoms with Crippen LogP contribution in [0.2, 0.25) is 0 Å². The molecule has 0 aliphatic carbocycles. The Morgan fingerprint density at radius 2 is 1.73 bits per heavy atom. The molecule has 0 nitrogen and oxygen atoms in total. The summed E-state index contributed by atoms with van der Waals surface area (Å²) in [5, 5.41) is 0. The number of hydrogen-bond donors (Lipinski definition) is 0. The lowest BCUT2D eigenvalue weighted by Crippen LogP contribution is -2.03. The first kappa shape index (κ1) is 12.3. The van der Waals surface area contributed by atoms with Crippen molar-refractivity contribution in [3.05, 3.63) is 35.4 Å². The summed E-state index contributed by atoms with van der Waals surface area (Å²) in [5.74, 6) is 0.882. The lowest BCUT2D eigenvalue weighted by Gasteiger charge is -2.14. The third-order valence-corrected chi connectivity index (χ3v) is 3.19. The van der Waals surface area contributed by atoms with E-state index in [0.29, 0.717) is 0 Å². The molecule has 0 aliphatic heterocycles. The van der Waals surface area contributed by atoms with E-state index >= 15 is 0 Å². The molecule has 0 bridgehead atoms. The van der Waals surface area contributed by atoms with Crippen LogP contribution >= 0.6 is 0 Å². The molecule has 0 saturated carbocycles. The molecule has 0 spiro atoms. The molecule has 0 fully saturated rings. The van der Waals surface area contributed by atoms with Crippen LogP contribution in [0.5, 0.6) is 0 Å².